The quantitative estimate of drug-likeness (QED) is 0.683. The van der Waals surface area contributed by atoms with Crippen molar-refractivity contribution < 1.29 is 13.2 Å². The number of ether oxygens (including phenoxy) is 1. The average Bonchev–Trinajstić information content (AvgIpc) is 3.14. The van der Waals surface area contributed by atoms with Gasteiger partial charge in [-0.15, -0.1) is 0 Å². The number of nitrogens with one attached hydrogen (secondary N) is 1. The third-order valence-corrected chi connectivity index (χ3v) is 6.67. The summed E-state index contributed by atoms with van der Waals surface area (Å²) in [5.41, 5.74) is 3.62. The number of methoxy groups -OCH3 is 1. The SMILES string of the molecule is COc1ccc(-n2ncc(C(C)NS(=O)(=O)c3c(C)nn(C)c3C)c2C)cc1. The van der Waals surface area contributed by atoms with E-state index in [1.807, 2.05) is 31.2 Å². The minimum Gasteiger partial charge on any atom is -0.497 e. The van der Waals surface area contributed by atoms with Gasteiger partial charge in [0.05, 0.1) is 30.4 Å². The van der Waals surface area contributed by atoms with Crippen LogP contribution in [-0.2, 0) is 17.1 Å². The fourth-order valence-electron chi connectivity index (χ4n) is 3.33. The van der Waals surface area contributed by atoms with Gasteiger partial charge in [-0.25, -0.2) is 17.8 Å². The molecule has 8 nitrogen and oxygen atoms in total. The molecule has 0 saturated carbocycles. The van der Waals surface area contributed by atoms with Gasteiger partial charge in [0.15, 0.2) is 0 Å². The van der Waals surface area contributed by atoms with Crippen LogP contribution in [0.25, 0.3) is 5.69 Å². The summed E-state index contributed by atoms with van der Waals surface area (Å²) in [4.78, 5) is 0.224. The van der Waals surface area contributed by atoms with Crippen LogP contribution in [0.5, 0.6) is 5.75 Å². The number of nitrogens with zero attached hydrogens (tertiary/aromatic N) is 4. The molecule has 0 aliphatic carbocycles. The first-order chi connectivity index (χ1) is 13.2. The highest BCUT2D eigenvalue weighted by molar-refractivity contribution is 7.89. The first-order valence-electron chi connectivity index (χ1n) is 8.87. The molecular weight excluding hydrogens is 378 g/mol. The van der Waals surface area contributed by atoms with E-state index in [1.54, 1.807) is 50.5 Å². The van der Waals surface area contributed by atoms with Gasteiger partial charge in [-0.05, 0) is 52.0 Å². The molecule has 1 unspecified atom stereocenters. The van der Waals surface area contributed by atoms with Crippen LogP contribution >= 0.6 is 0 Å². The summed E-state index contributed by atoms with van der Waals surface area (Å²) in [6.07, 6.45) is 1.69. The molecule has 150 valence electrons. The molecule has 0 amide bonds. The Morgan fingerprint density at radius 1 is 1.11 bits per heavy atom. The fraction of sp³-hybridized carbons (Fsp3) is 0.368. The highest BCUT2D eigenvalue weighted by Crippen LogP contribution is 2.25. The second-order valence-corrected chi connectivity index (χ2v) is 8.41. The van der Waals surface area contributed by atoms with Gasteiger partial charge in [-0.3, -0.25) is 4.68 Å². The maximum absolute atomic E-state index is 12.9. The molecule has 3 rings (SSSR count). The maximum Gasteiger partial charge on any atom is 0.244 e. The lowest BCUT2D eigenvalue weighted by Gasteiger charge is -2.15. The molecule has 2 aromatic heterocycles. The van der Waals surface area contributed by atoms with Crippen LogP contribution in [0.2, 0.25) is 0 Å². The van der Waals surface area contributed by atoms with E-state index in [0.29, 0.717) is 11.4 Å². The van der Waals surface area contributed by atoms with Gasteiger partial charge in [0.25, 0.3) is 0 Å². The van der Waals surface area contributed by atoms with Crippen LogP contribution in [0.1, 0.15) is 35.6 Å². The van der Waals surface area contributed by atoms with Crippen molar-refractivity contribution in [2.45, 2.75) is 38.6 Å². The largest absolute Gasteiger partial charge is 0.497 e. The third-order valence-electron chi connectivity index (χ3n) is 4.87. The number of benzene rings is 1. The van der Waals surface area contributed by atoms with Gasteiger partial charge < -0.3 is 4.74 Å². The van der Waals surface area contributed by atoms with E-state index in [4.69, 9.17) is 4.74 Å². The minimum absolute atomic E-state index is 0.224. The molecule has 0 fully saturated rings. The Labute approximate surface area is 165 Å². The summed E-state index contributed by atoms with van der Waals surface area (Å²) in [5, 5.41) is 8.63. The smallest absolute Gasteiger partial charge is 0.244 e. The summed E-state index contributed by atoms with van der Waals surface area (Å²) in [5.74, 6) is 0.761. The molecule has 3 aromatic rings. The van der Waals surface area contributed by atoms with Gasteiger partial charge in [-0.1, -0.05) is 0 Å². The molecule has 0 bridgehead atoms. The van der Waals surface area contributed by atoms with Gasteiger partial charge in [-0.2, -0.15) is 10.2 Å². The molecule has 0 radical (unpaired) electrons. The Bertz CT molecular complexity index is 1100. The van der Waals surface area contributed by atoms with E-state index in [1.165, 1.54) is 0 Å². The van der Waals surface area contributed by atoms with E-state index in [-0.39, 0.29) is 4.90 Å². The predicted molar refractivity (Wildman–Crippen MR) is 106 cm³/mol. The van der Waals surface area contributed by atoms with Crippen LogP contribution in [0.15, 0.2) is 35.4 Å². The fourth-order valence-corrected chi connectivity index (χ4v) is 4.99. The highest BCUT2D eigenvalue weighted by Gasteiger charge is 2.27. The molecule has 28 heavy (non-hydrogen) atoms. The normalized spacial score (nSPS) is 12.9. The van der Waals surface area contributed by atoms with Crippen LogP contribution < -0.4 is 9.46 Å². The Morgan fingerprint density at radius 2 is 1.75 bits per heavy atom. The number of rotatable bonds is 6. The zero-order valence-corrected chi connectivity index (χ0v) is 17.7. The molecule has 1 atom stereocenters. The number of sulfonamides is 1. The lowest BCUT2D eigenvalue weighted by molar-refractivity contribution is 0.414. The van der Waals surface area contributed by atoms with Crippen LogP contribution in [0, 0.1) is 20.8 Å². The van der Waals surface area contributed by atoms with Crippen molar-refractivity contribution in [1.82, 2.24) is 24.3 Å². The molecular formula is C19H25N5O3S. The van der Waals surface area contributed by atoms with Gasteiger partial charge in [0.1, 0.15) is 10.6 Å². The molecule has 0 aliphatic rings. The lowest BCUT2D eigenvalue weighted by Crippen LogP contribution is -2.28. The monoisotopic (exact) mass is 403 g/mol. The van der Waals surface area contributed by atoms with Crippen molar-refractivity contribution in [3.63, 3.8) is 0 Å². The van der Waals surface area contributed by atoms with E-state index in [9.17, 15) is 8.42 Å². The van der Waals surface area contributed by atoms with Crippen molar-refractivity contribution >= 4 is 10.0 Å². The molecule has 9 heteroatoms. The van der Waals surface area contributed by atoms with Crippen LogP contribution in [0.4, 0.5) is 0 Å². The molecule has 0 aliphatic heterocycles. The highest BCUT2D eigenvalue weighted by atomic mass is 32.2. The second-order valence-electron chi connectivity index (χ2n) is 6.76. The summed E-state index contributed by atoms with van der Waals surface area (Å²) >= 11 is 0. The zero-order chi connectivity index (χ0) is 20.6. The first-order valence-corrected chi connectivity index (χ1v) is 10.4. The summed E-state index contributed by atoms with van der Waals surface area (Å²) in [7, 11) is -0.369. The number of hydrogen-bond donors (Lipinski definition) is 1. The maximum atomic E-state index is 12.9. The number of hydrogen-bond acceptors (Lipinski definition) is 5. The van der Waals surface area contributed by atoms with Gasteiger partial charge >= 0.3 is 0 Å². The van der Waals surface area contributed by atoms with Crippen LogP contribution in [0.3, 0.4) is 0 Å². The number of aromatic nitrogens is 4. The van der Waals surface area contributed by atoms with E-state index < -0.39 is 16.1 Å². The summed E-state index contributed by atoms with van der Waals surface area (Å²) in [6.45, 7) is 7.16. The zero-order valence-electron chi connectivity index (χ0n) is 16.9. The Balaban J connectivity index is 1.89. The molecule has 2 heterocycles. The van der Waals surface area contributed by atoms with E-state index in [0.717, 1.165) is 22.7 Å². The average molecular weight is 404 g/mol. The first kappa shape index (κ1) is 20.1. The Hall–Kier alpha value is -2.65. The van der Waals surface area contributed by atoms with Crippen molar-refractivity contribution in [2.75, 3.05) is 7.11 Å². The summed E-state index contributed by atoms with van der Waals surface area (Å²) < 4.78 is 37.1. The standard InChI is InChI=1S/C19H25N5O3S/c1-12(22-28(25,26)19-13(2)21-23(5)15(19)4)18-11-20-24(14(18)3)16-7-9-17(27-6)10-8-16/h7-12,22H,1-6H3. The molecule has 0 saturated heterocycles. The second kappa shape index (κ2) is 7.40. The molecule has 1 N–H and O–H groups in total. The van der Waals surface area contributed by atoms with Crippen molar-refractivity contribution in [2.24, 2.45) is 7.05 Å². The third kappa shape index (κ3) is 3.55. The van der Waals surface area contributed by atoms with Crippen LogP contribution in [-0.4, -0.2) is 35.1 Å². The van der Waals surface area contributed by atoms with E-state index >= 15 is 0 Å². The van der Waals surface area contributed by atoms with Crippen molar-refractivity contribution in [3.05, 3.63) is 53.1 Å². The van der Waals surface area contributed by atoms with Gasteiger partial charge in [0.2, 0.25) is 10.0 Å². The predicted octanol–water partition coefficient (Wildman–Crippen LogP) is 2.58. The number of aryl methyl sites for hydroxylation is 2. The summed E-state index contributed by atoms with van der Waals surface area (Å²) in [6, 6.07) is 7.07. The topological polar surface area (TPSA) is 91.0 Å². The van der Waals surface area contributed by atoms with E-state index in [2.05, 4.69) is 14.9 Å². The molecule has 0 spiro atoms. The minimum atomic E-state index is -3.72. The van der Waals surface area contributed by atoms with Crippen molar-refractivity contribution in [3.8, 4) is 11.4 Å². The Kier molecular flexibility index (Phi) is 5.31. The van der Waals surface area contributed by atoms with Crippen molar-refractivity contribution in [1.29, 1.82) is 0 Å². The Morgan fingerprint density at radius 3 is 2.29 bits per heavy atom. The lowest BCUT2D eigenvalue weighted by atomic mass is 10.1. The molecule has 1 aromatic carbocycles. The van der Waals surface area contributed by atoms with Gasteiger partial charge in [0, 0.05) is 24.3 Å².